The van der Waals surface area contributed by atoms with Gasteiger partial charge in [-0.15, -0.1) is 15.7 Å². The highest BCUT2D eigenvalue weighted by molar-refractivity contribution is 7.90. The second-order valence-corrected chi connectivity index (χ2v) is 10.6. The lowest BCUT2D eigenvalue weighted by atomic mass is 10.0. The molecule has 0 spiro atoms. The first-order chi connectivity index (χ1) is 15.5. The molecule has 0 radical (unpaired) electrons. The average Bonchev–Trinajstić information content (AvgIpc) is 3.18. The van der Waals surface area contributed by atoms with Gasteiger partial charge >= 0.3 is 0 Å². The fourth-order valence-corrected chi connectivity index (χ4v) is 5.30. The Balaban J connectivity index is 1.96. The highest BCUT2D eigenvalue weighted by Crippen LogP contribution is 2.38. The van der Waals surface area contributed by atoms with Crippen LogP contribution in [-0.4, -0.2) is 58.9 Å². The van der Waals surface area contributed by atoms with Crippen molar-refractivity contribution >= 4 is 45.2 Å². The van der Waals surface area contributed by atoms with E-state index in [1.54, 1.807) is 44.2 Å². The summed E-state index contributed by atoms with van der Waals surface area (Å²) in [5.74, 6) is -0.222. The van der Waals surface area contributed by atoms with Crippen LogP contribution in [0.15, 0.2) is 57.8 Å². The summed E-state index contributed by atoms with van der Waals surface area (Å²) >= 11 is 7.84. The molecule has 0 unspecified atom stereocenters. The van der Waals surface area contributed by atoms with Crippen LogP contribution in [0.5, 0.6) is 0 Å². The Morgan fingerprint density at radius 1 is 1.06 bits per heavy atom. The van der Waals surface area contributed by atoms with Crippen molar-refractivity contribution < 1.29 is 18.0 Å². The van der Waals surface area contributed by atoms with Gasteiger partial charge in [0.2, 0.25) is 0 Å². The molecule has 1 aromatic heterocycles. The van der Waals surface area contributed by atoms with E-state index in [9.17, 15) is 13.2 Å². The number of halogens is 1. The summed E-state index contributed by atoms with van der Waals surface area (Å²) in [5, 5.41) is 1.71. The Morgan fingerprint density at radius 3 is 2.30 bits per heavy atom. The molecule has 0 aliphatic heterocycles. The SMILES string of the molecule is CON(C)C(=O)c1cc(C)c(-c2ccc(Cl)c(-c3ccc(S(=O)(=O)N=CN(C)C)cc3)c2)s1. The number of nitrogens with zero attached hydrogens (tertiary/aromatic N) is 3. The van der Waals surface area contributed by atoms with E-state index < -0.39 is 10.0 Å². The molecule has 0 atom stereocenters. The topological polar surface area (TPSA) is 79.3 Å². The number of hydrogen-bond acceptors (Lipinski definition) is 5. The summed E-state index contributed by atoms with van der Waals surface area (Å²) in [6, 6.07) is 13.9. The van der Waals surface area contributed by atoms with Crippen LogP contribution in [0.3, 0.4) is 0 Å². The van der Waals surface area contributed by atoms with Crippen molar-refractivity contribution in [1.82, 2.24) is 9.96 Å². The molecule has 0 aliphatic carbocycles. The molecular weight excluding hydrogens is 482 g/mol. The molecule has 0 saturated heterocycles. The van der Waals surface area contributed by atoms with E-state index in [1.807, 2.05) is 25.1 Å². The summed E-state index contributed by atoms with van der Waals surface area (Å²) in [7, 11) is 2.61. The van der Waals surface area contributed by atoms with E-state index in [0.29, 0.717) is 9.90 Å². The van der Waals surface area contributed by atoms with E-state index >= 15 is 0 Å². The number of carbonyl (C=O) groups is 1. The van der Waals surface area contributed by atoms with Crippen LogP contribution in [0.4, 0.5) is 0 Å². The number of thiophene rings is 1. The molecule has 0 N–H and O–H groups in total. The van der Waals surface area contributed by atoms with Crippen LogP contribution in [0.1, 0.15) is 15.2 Å². The van der Waals surface area contributed by atoms with E-state index in [4.69, 9.17) is 16.4 Å². The van der Waals surface area contributed by atoms with Gasteiger partial charge in [-0.2, -0.15) is 8.42 Å². The first-order valence-electron chi connectivity index (χ1n) is 9.83. The molecule has 0 aliphatic rings. The van der Waals surface area contributed by atoms with Gasteiger partial charge in [-0.25, -0.2) is 5.06 Å². The summed E-state index contributed by atoms with van der Waals surface area (Å²) in [6.07, 6.45) is 1.25. The van der Waals surface area contributed by atoms with Crippen LogP contribution in [0.2, 0.25) is 5.02 Å². The van der Waals surface area contributed by atoms with Gasteiger partial charge in [0, 0.05) is 36.6 Å². The lowest BCUT2D eigenvalue weighted by Crippen LogP contribution is -2.24. The molecule has 174 valence electrons. The van der Waals surface area contributed by atoms with Crippen LogP contribution >= 0.6 is 22.9 Å². The summed E-state index contributed by atoms with van der Waals surface area (Å²) in [4.78, 5) is 20.6. The van der Waals surface area contributed by atoms with Gasteiger partial charge in [0.15, 0.2) is 0 Å². The van der Waals surface area contributed by atoms with Crippen molar-refractivity contribution in [2.45, 2.75) is 11.8 Å². The third-order valence-corrected chi connectivity index (χ3v) is 7.64. The molecule has 0 saturated carbocycles. The van der Waals surface area contributed by atoms with Gasteiger partial charge in [0.25, 0.3) is 15.9 Å². The Bertz CT molecular complexity index is 1300. The number of sulfonamides is 1. The quantitative estimate of drug-likeness (QED) is 0.258. The van der Waals surface area contributed by atoms with Gasteiger partial charge in [0.1, 0.15) is 6.34 Å². The zero-order valence-corrected chi connectivity index (χ0v) is 21.3. The fourth-order valence-electron chi connectivity index (χ4n) is 3.02. The monoisotopic (exact) mass is 505 g/mol. The third kappa shape index (κ3) is 5.62. The highest BCUT2D eigenvalue weighted by Gasteiger charge is 2.18. The Kier molecular flexibility index (Phi) is 7.58. The molecule has 0 bridgehead atoms. The lowest BCUT2D eigenvalue weighted by molar-refractivity contribution is -0.0753. The second kappa shape index (κ2) is 10.0. The largest absolute Gasteiger partial charge is 0.368 e. The zero-order chi connectivity index (χ0) is 24.3. The van der Waals surface area contributed by atoms with Crippen LogP contribution in [0, 0.1) is 6.92 Å². The second-order valence-electron chi connectivity index (χ2n) is 7.49. The molecule has 3 aromatic rings. The number of amides is 1. The zero-order valence-electron chi connectivity index (χ0n) is 18.9. The predicted molar refractivity (Wildman–Crippen MR) is 133 cm³/mol. The van der Waals surface area contributed by atoms with Crippen LogP contribution < -0.4 is 0 Å². The number of hydrogen-bond donors (Lipinski definition) is 0. The van der Waals surface area contributed by atoms with Gasteiger partial charge in [-0.1, -0.05) is 29.8 Å². The molecular formula is C23H24ClN3O4S2. The summed E-state index contributed by atoms with van der Waals surface area (Å²) in [6.45, 7) is 1.94. The lowest BCUT2D eigenvalue weighted by Gasteiger charge is -2.11. The van der Waals surface area contributed by atoms with Crippen LogP contribution in [-0.2, 0) is 14.9 Å². The number of rotatable bonds is 7. The van der Waals surface area contributed by atoms with Crippen molar-refractivity contribution in [3.8, 4) is 21.6 Å². The minimum Gasteiger partial charge on any atom is -0.368 e. The predicted octanol–water partition coefficient (Wildman–Crippen LogP) is 4.96. The maximum absolute atomic E-state index is 12.4. The minimum atomic E-state index is -3.79. The maximum Gasteiger partial charge on any atom is 0.287 e. The summed E-state index contributed by atoms with van der Waals surface area (Å²) in [5.41, 5.74) is 3.39. The van der Waals surface area contributed by atoms with E-state index in [-0.39, 0.29) is 10.8 Å². The fraction of sp³-hybridized carbons (Fsp3) is 0.217. The molecule has 1 heterocycles. The minimum absolute atomic E-state index is 0.0937. The Hall–Kier alpha value is -2.72. The molecule has 10 heteroatoms. The standard InChI is InChI=1S/C23H24ClN3O4S2/c1-15-12-21(23(28)27(4)31-5)32-22(15)17-8-11-20(24)19(13-17)16-6-9-18(10-7-16)33(29,30)25-14-26(2)3/h6-14H,1-5H3. The van der Waals surface area contributed by atoms with Crippen molar-refractivity contribution in [3.63, 3.8) is 0 Å². The average molecular weight is 506 g/mol. The molecule has 3 rings (SSSR count). The molecule has 33 heavy (non-hydrogen) atoms. The third-order valence-electron chi connectivity index (χ3n) is 4.80. The highest BCUT2D eigenvalue weighted by atomic mass is 35.5. The maximum atomic E-state index is 12.4. The normalized spacial score (nSPS) is 11.7. The first kappa shape index (κ1) is 24.9. The molecule has 0 fully saturated rings. The molecule has 7 nitrogen and oxygen atoms in total. The van der Waals surface area contributed by atoms with Gasteiger partial charge in [0.05, 0.1) is 16.9 Å². The Labute approximate surface area is 202 Å². The number of benzene rings is 2. The van der Waals surface area contributed by atoms with Crippen molar-refractivity contribution in [2.75, 3.05) is 28.3 Å². The first-order valence-corrected chi connectivity index (χ1v) is 12.5. The van der Waals surface area contributed by atoms with E-state index in [2.05, 4.69) is 4.40 Å². The number of hydroxylamine groups is 2. The van der Waals surface area contributed by atoms with Gasteiger partial charge in [-0.05, 0) is 53.9 Å². The number of carbonyl (C=O) groups excluding carboxylic acids is 1. The Morgan fingerprint density at radius 2 is 1.70 bits per heavy atom. The summed E-state index contributed by atoms with van der Waals surface area (Å²) < 4.78 is 28.4. The smallest absolute Gasteiger partial charge is 0.287 e. The van der Waals surface area contributed by atoms with Crippen molar-refractivity contribution in [3.05, 3.63) is 64.0 Å². The van der Waals surface area contributed by atoms with E-state index in [0.717, 1.165) is 27.1 Å². The van der Waals surface area contributed by atoms with E-state index in [1.165, 1.54) is 42.0 Å². The van der Waals surface area contributed by atoms with Gasteiger partial charge < -0.3 is 4.90 Å². The van der Waals surface area contributed by atoms with Crippen molar-refractivity contribution in [1.29, 1.82) is 0 Å². The number of aryl methyl sites for hydroxylation is 1. The van der Waals surface area contributed by atoms with Crippen LogP contribution in [0.25, 0.3) is 21.6 Å². The molecule has 2 aromatic carbocycles. The van der Waals surface area contributed by atoms with Gasteiger partial charge in [-0.3, -0.25) is 9.63 Å². The molecule has 1 amide bonds. The van der Waals surface area contributed by atoms with Crippen molar-refractivity contribution in [2.24, 2.45) is 4.40 Å².